The summed E-state index contributed by atoms with van der Waals surface area (Å²) in [6.45, 7) is 3.87. The standard InChI is InChI=1S/C15H19O5S/c1-12-6-8-14(9-7-12)21(16,17)19-11-10-18-15-5-3-4-13(2)20-15/h3-9,13,15H,10-11H2,1-2H3/t13-,15-/m0/s1. The van der Waals surface area contributed by atoms with Gasteiger partial charge in [-0.05, 0) is 38.8 Å². The van der Waals surface area contributed by atoms with Crippen molar-refractivity contribution < 1.29 is 22.1 Å². The summed E-state index contributed by atoms with van der Waals surface area (Å²) in [6.07, 6.45) is 5.04. The van der Waals surface area contributed by atoms with Gasteiger partial charge in [0, 0.05) is 6.42 Å². The molecule has 3 radical (unpaired) electrons. The van der Waals surface area contributed by atoms with Crippen LogP contribution in [0.15, 0.2) is 29.2 Å². The van der Waals surface area contributed by atoms with E-state index >= 15 is 0 Å². The molecule has 0 aliphatic carbocycles. The Kier molecular flexibility index (Phi) is 5.75. The number of aryl methyl sites for hydroxylation is 1. The molecule has 5 nitrogen and oxygen atoms in total. The first-order chi connectivity index (χ1) is 9.97. The third-order valence-corrected chi connectivity index (χ3v) is 4.24. The van der Waals surface area contributed by atoms with Gasteiger partial charge in [-0.25, -0.2) is 0 Å². The Hall–Kier alpha value is -0.950. The molecule has 21 heavy (non-hydrogen) atoms. The normalized spacial score (nSPS) is 23.1. The second-order valence-corrected chi connectivity index (χ2v) is 6.36. The molecule has 1 aromatic carbocycles. The second kappa shape index (κ2) is 7.35. The van der Waals surface area contributed by atoms with Crippen LogP contribution in [0.4, 0.5) is 0 Å². The maximum atomic E-state index is 11.9. The predicted molar refractivity (Wildman–Crippen MR) is 77.5 cm³/mol. The summed E-state index contributed by atoms with van der Waals surface area (Å²) in [4.78, 5) is 0.144. The maximum Gasteiger partial charge on any atom is 0.297 e. The van der Waals surface area contributed by atoms with Crippen molar-refractivity contribution in [2.45, 2.75) is 31.1 Å². The number of benzene rings is 1. The topological polar surface area (TPSA) is 61.8 Å². The lowest BCUT2D eigenvalue weighted by molar-refractivity contribution is -0.148. The third kappa shape index (κ3) is 5.07. The van der Waals surface area contributed by atoms with Crippen LogP contribution in [0, 0.1) is 26.2 Å². The van der Waals surface area contributed by atoms with Gasteiger partial charge in [0.15, 0.2) is 6.29 Å². The van der Waals surface area contributed by atoms with Gasteiger partial charge in [-0.15, -0.1) is 0 Å². The summed E-state index contributed by atoms with van der Waals surface area (Å²) in [5.74, 6) is 0. The van der Waals surface area contributed by atoms with Crippen molar-refractivity contribution >= 4 is 10.1 Å². The second-order valence-electron chi connectivity index (χ2n) is 4.75. The lowest BCUT2D eigenvalue weighted by atomic mass is 10.1. The van der Waals surface area contributed by atoms with E-state index in [2.05, 4.69) is 0 Å². The molecule has 0 spiro atoms. The molecule has 1 aliphatic rings. The molecule has 2 rings (SSSR count). The Labute approximate surface area is 126 Å². The van der Waals surface area contributed by atoms with Gasteiger partial charge in [0.05, 0.1) is 24.2 Å². The first-order valence-corrected chi connectivity index (χ1v) is 8.13. The van der Waals surface area contributed by atoms with Crippen molar-refractivity contribution in [3.8, 4) is 0 Å². The summed E-state index contributed by atoms with van der Waals surface area (Å²) in [5, 5.41) is 0. The van der Waals surface area contributed by atoms with E-state index in [0.29, 0.717) is 0 Å². The van der Waals surface area contributed by atoms with Crippen molar-refractivity contribution in [1.29, 1.82) is 0 Å². The Bertz CT molecular complexity index is 538. The smallest absolute Gasteiger partial charge is 0.297 e. The zero-order valence-corrected chi connectivity index (χ0v) is 12.9. The summed E-state index contributed by atoms with van der Waals surface area (Å²) in [6, 6.07) is 6.50. The Balaban J connectivity index is 1.76. The molecule has 0 saturated carbocycles. The fourth-order valence-electron chi connectivity index (χ4n) is 1.79. The van der Waals surface area contributed by atoms with E-state index in [-0.39, 0.29) is 24.2 Å². The summed E-state index contributed by atoms with van der Waals surface area (Å²) in [7, 11) is -3.74. The molecular formula is C15H19O5S. The van der Waals surface area contributed by atoms with Crippen molar-refractivity contribution in [3.63, 3.8) is 0 Å². The van der Waals surface area contributed by atoms with Crippen molar-refractivity contribution in [3.05, 3.63) is 49.1 Å². The van der Waals surface area contributed by atoms with Gasteiger partial charge < -0.3 is 9.47 Å². The van der Waals surface area contributed by atoms with Gasteiger partial charge in [-0.3, -0.25) is 4.18 Å². The lowest BCUT2D eigenvalue weighted by Crippen LogP contribution is -2.30. The fourth-order valence-corrected chi connectivity index (χ4v) is 2.68. The highest BCUT2D eigenvalue weighted by Crippen LogP contribution is 2.17. The van der Waals surface area contributed by atoms with Crippen LogP contribution >= 0.6 is 0 Å². The fraction of sp³-hybridized carbons (Fsp3) is 0.400. The van der Waals surface area contributed by atoms with Gasteiger partial charge in [0.1, 0.15) is 0 Å². The zero-order valence-electron chi connectivity index (χ0n) is 12.1. The number of rotatable bonds is 6. The molecule has 1 aromatic rings. The van der Waals surface area contributed by atoms with Crippen LogP contribution in [0.25, 0.3) is 0 Å². The minimum atomic E-state index is -3.74. The summed E-state index contributed by atoms with van der Waals surface area (Å²) < 4.78 is 39.6. The molecule has 2 atom stereocenters. The SMILES string of the molecule is Cc1ccc(S(=O)(=O)OCCO[C@@H]2[CH][CH][CH][C@H](C)O2)cc1. The van der Waals surface area contributed by atoms with E-state index < -0.39 is 16.4 Å². The van der Waals surface area contributed by atoms with Crippen LogP contribution in [0.5, 0.6) is 0 Å². The van der Waals surface area contributed by atoms with Crippen LogP contribution in [0.2, 0.25) is 0 Å². The molecule has 1 aliphatic heterocycles. The van der Waals surface area contributed by atoms with Crippen LogP contribution in [-0.2, 0) is 23.8 Å². The molecule has 0 amide bonds. The van der Waals surface area contributed by atoms with E-state index in [1.54, 1.807) is 18.6 Å². The number of hydrogen-bond donors (Lipinski definition) is 0. The van der Waals surface area contributed by atoms with E-state index in [9.17, 15) is 8.42 Å². The number of hydrogen-bond acceptors (Lipinski definition) is 5. The molecule has 0 aromatic heterocycles. The number of ether oxygens (including phenoxy) is 2. The van der Waals surface area contributed by atoms with E-state index in [0.717, 1.165) is 5.56 Å². The molecule has 1 heterocycles. The Morgan fingerprint density at radius 3 is 2.52 bits per heavy atom. The molecule has 115 valence electrons. The van der Waals surface area contributed by atoms with E-state index in [1.165, 1.54) is 12.1 Å². The van der Waals surface area contributed by atoms with Gasteiger partial charge in [0.2, 0.25) is 0 Å². The van der Waals surface area contributed by atoms with Crippen molar-refractivity contribution in [1.82, 2.24) is 0 Å². The largest absolute Gasteiger partial charge is 0.350 e. The Morgan fingerprint density at radius 1 is 1.14 bits per heavy atom. The molecule has 1 fully saturated rings. The van der Waals surface area contributed by atoms with E-state index in [4.69, 9.17) is 13.7 Å². The highest BCUT2D eigenvalue weighted by atomic mass is 32.2. The first-order valence-electron chi connectivity index (χ1n) is 6.72. The molecular weight excluding hydrogens is 292 g/mol. The van der Waals surface area contributed by atoms with Gasteiger partial charge >= 0.3 is 0 Å². The molecule has 6 heteroatoms. The average molecular weight is 311 g/mol. The quantitative estimate of drug-likeness (QED) is 0.594. The van der Waals surface area contributed by atoms with Gasteiger partial charge in [0.25, 0.3) is 10.1 Å². The minimum Gasteiger partial charge on any atom is -0.350 e. The summed E-state index contributed by atoms with van der Waals surface area (Å²) >= 11 is 0. The predicted octanol–water partition coefficient (Wildman–Crippen LogP) is 2.07. The maximum absolute atomic E-state index is 11.9. The highest BCUT2D eigenvalue weighted by Gasteiger charge is 2.21. The summed E-state index contributed by atoms with van der Waals surface area (Å²) in [5.41, 5.74) is 0.990. The molecule has 0 bridgehead atoms. The average Bonchev–Trinajstić information content (AvgIpc) is 2.44. The van der Waals surface area contributed by atoms with Crippen molar-refractivity contribution in [2.75, 3.05) is 13.2 Å². The minimum absolute atomic E-state index is 0.0165. The third-order valence-electron chi connectivity index (χ3n) is 2.91. The first kappa shape index (κ1) is 16.4. The lowest BCUT2D eigenvalue weighted by Gasteiger charge is -2.26. The van der Waals surface area contributed by atoms with Crippen LogP contribution in [0.1, 0.15) is 12.5 Å². The van der Waals surface area contributed by atoms with Gasteiger partial charge in [-0.2, -0.15) is 8.42 Å². The molecule has 1 saturated heterocycles. The molecule has 0 N–H and O–H groups in total. The zero-order chi connectivity index (χ0) is 15.3. The van der Waals surface area contributed by atoms with Crippen LogP contribution in [0.3, 0.4) is 0 Å². The van der Waals surface area contributed by atoms with Crippen LogP contribution < -0.4 is 0 Å². The highest BCUT2D eigenvalue weighted by molar-refractivity contribution is 7.86. The van der Waals surface area contributed by atoms with Gasteiger partial charge in [-0.1, -0.05) is 17.7 Å². The molecule has 0 unspecified atom stereocenters. The van der Waals surface area contributed by atoms with Crippen molar-refractivity contribution in [2.24, 2.45) is 0 Å². The monoisotopic (exact) mass is 311 g/mol. The Morgan fingerprint density at radius 2 is 1.86 bits per heavy atom. The van der Waals surface area contributed by atoms with Crippen LogP contribution in [-0.4, -0.2) is 34.0 Å². The van der Waals surface area contributed by atoms with E-state index in [1.807, 2.05) is 26.7 Å².